The van der Waals surface area contributed by atoms with E-state index in [0.29, 0.717) is 18.7 Å². The fraction of sp³-hybridized carbons (Fsp3) is 0.222. The van der Waals surface area contributed by atoms with E-state index in [-0.39, 0.29) is 0 Å². The number of nitroso groups, excluding NO2 is 1. The van der Waals surface area contributed by atoms with Gasteiger partial charge in [-0.1, -0.05) is 18.2 Å². The predicted molar refractivity (Wildman–Crippen MR) is 49.8 cm³/mol. The summed E-state index contributed by atoms with van der Waals surface area (Å²) in [6, 6.07) is 11.0. The van der Waals surface area contributed by atoms with Gasteiger partial charge in [0.2, 0.25) is 0 Å². The summed E-state index contributed by atoms with van der Waals surface area (Å²) in [5, 5.41) is 12.4. The van der Waals surface area contributed by atoms with Gasteiger partial charge >= 0.3 is 0 Å². The molecule has 0 fully saturated rings. The molecule has 4 nitrogen and oxygen atoms in total. The van der Waals surface area contributed by atoms with Gasteiger partial charge in [0.05, 0.1) is 30.0 Å². The molecule has 0 atom stereocenters. The Bertz CT molecular complexity index is 304. The van der Waals surface area contributed by atoms with Crippen LogP contribution < -0.4 is 5.01 Å². The van der Waals surface area contributed by atoms with E-state index in [0.717, 1.165) is 0 Å². The summed E-state index contributed by atoms with van der Waals surface area (Å²) < 4.78 is 0. The second-order valence-electron chi connectivity index (χ2n) is 2.45. The maximum Gasteiger partial charge on any atom is 0.0641 e. The van der Waals surface area contributed by atoms with E-state index in [4.69, 9.17) is 5.26 Å². The van der Waals surface area contributed by atoms with Crippen LogP contribution in [0.15, 0.2) is 35.6 Å². The number of hydrogen-bond donors (Lipinski definition) is 0. The Morgan fingerprint density at radius 3 is 2.62 bits per heavy atom. The Morgan fingerprint density at radius 1 is 1.38 bits per heavy atom. The van der Waals surface area contributed by atoms with Crippen LogP contribution in [0.4, 0.5) is 5.69 Å². The standard InChI is InChI=1S/C9H9N3O/c10-7-4-8-12(11-13)9-5-2-1-3-6-9/h1-3,5-6H,4,8H2. The lowest BCUT2D eigenvalue weighted by Gasteiger charge is -2.12. The molecule has 0 spiro atoms. The molecule has 1 rings (SSSR count). The van der Waals surface area contributed by atoms with Crippen LogP contribution in [-0.4, -0.2) is 6.54 Å². The average Bonchev–Trinajstić information content (AvgIpc) is 2.21. The molecule has 0 heterocycles. The summed E-state index contributed by atoms with van der Waals surface area (Å²) in [6.45, 7) is 0.337. The van der Waals surface area contributed by atoms with Gasteiger partial charge in [-0.15, -0.1) is 4.91 Å². The SMILES string of the molecule is N#CCCN(N=O)c1ccccc1. The minimum absolute atomic E-state index is 0.292. The summed E-state index contributed by atoms with van der Waals surface area (Å²) >= 11 is 0. The Hall–Kier alpha value is -1.89. The Kier molecular flexibility index (Phi) is 3.45. The fourth-order valence-electron chi connectivity index (χ4n) is 0.973. The number of anilines is 1. The second-order valence-corrected chi connectivity index (χ2v) is 2.45. The maximum absolute atomic E-state index is 10.4. The van der Waals surface area contributed by atoms with Gasteiger partial charge in [0.1, 0.15) is 0 Å². The lowest BCUT2D eigenvalue weighted by molar-refractivity contribution is 0.840. The van der Waals surface area contributed by atoms with Crippen LogP contribution in [0.5, 0.6) is 0 Å². The molecule has 0 unspecified atom stereocenters. The van der Waals surface area contributed by atoms with E-state index >= 15 is 0 Å². The van der Waals surface area contributed by atoms with Gasteiger partial charge in [0.25, 0.3) is 0 Å². The predicted octanol–water partition coefficient (Wildman–Crippen LogP) is 2.09. The van der Waals surface area contributed by atoms with Crippen molar-refractivity contribution >= 4 is 5.69 Å². The molecular weight excluding hydrogens is 166 g/mol. The molecule has 4 heteroatoms. The van der Waals surface area contributed by atoms with Crippen molar-refractivity contribution in [2.45, 2.75) is 6.42 Å². The van der Waals surface area contributed by atoms with Gasteiger partial charge in [-0.05, 0) is 12.1 Å². The fourth-order valence-corrected chi connectivity index (χ4v) is 0.973. The summed E-state index contributed by atoms with van der Waals surface area (Å²) in [7, 11) is 0. The zero-order chi connectivity index (χ0) is 9.52. The zero-order valence-electron chi connectivity index (χ0n) is 7.05. The van der Waals surface area contributed by atoms with Gasteiger partial charge < -0.3 is 0 Å². The number of nitriles is 1. The van der Waals surface area contributed by atoms with Gasteiger partial charge in [0.15, 0.2) is 0 Å². The molecule has 0 saturated carbocycles. The molecule has 0 saturated heterocycles. The molecule has 0 bridgehead atoms. The van der Waals surface area contributed by atoms with E-state index in [1.54, 1.807) is 12.1 Å². The molecule has 0 aromatic heterocycles. The Balaban J connectivity index is 2.68. The minimum atomic E-state index is 0.292. The minimum Gasteiger partial charge on any atom is -0.228 e. The Morgan fingerprint density at radius 2 is 2.08 bits per heavy atom. The molecule has 0 aliphatic heterocycles. The topological polar surface area (TPSA) is 56.5 Å². The first-order valence-electron chi connectivity index (χ1n) is 3.91. The van der Waals surface area contributed by atoms with E-state index < -0.39 is 0 Å². The molecule has 0 aliphatic carbocycles. The third-order valence-corrected chi connectivity index (χ3v) is 1.59. The van der Waals surface area contributed by atoms with Crippen molar-refractivity contribution < 1.29 is 0 Å². The van der Waals surface area contributed by atoms with Gasteiger partial charge in [-0.2, -0.15) is 5.26 Å². The Labute approximate surface area is 76.3 Å². The summed E-state index contributed by atoms with van der Waals surface area (Å²) in [5.74, 6) is 0. The molecule has 0 aliphatic rings. The van der Waals surface area contributed by atoms with Crippen LogP contribution in [-0.2, 0) is 0 Å². The van der Waals surface area contributed by atoms with Crippen LogP contribution in [0.25, 0.3) is 0 Å². The van der Waals surface area contributed by atoms with Crippen LogP contribution in [0.3, 0.4) is 0 Å². The smallest absolute Gasteiger partial charge is 0.0641 e. The van der Waals surface area contributed by atoms with E-state index in [1.807, 2.05) is 24.3 Å². The number of benzene rings is 1. The van der Waals surface area contributed by atoms with Crippen molar-refractivity contribution in [2.24, 2.45) is 5.29 Å². The van der Waals surface area contributed by atoms with Gasteiger partial charge in [-0.25, -0.2) is 5.01 Å². The first-order chi connectivity index (χ1) is 6.38. The first kappa shape index (κ1) is 9.20. The third-order valence-electron chi connectivity index (χ3n) is 1.59. The van der Waals surface area contributed by atoms with Crippen molar-refractivity contribution in [1.82, 2.24) is 0 Å². The number of nitrogens with zero attached hydrogens (tertiary/aromatic N) is 3. The molecule has 1 aromatic carbocycles. The summed E-state index contributed by atoms with van der Waals surface area (Å²) in [6.07, 6.45) is 0.292. The first-order valence-corrected chi connectivity index (χ1v) is 3.91. The third kappa shape index (κ3) is 2.56. The van der Waals surface area contributed by atoms with E-state index in [9.17, 15) is 4.91 Å². The molecule has 0 radical (unpaired) electrons. The molecule has 0 amide bonds. The summed E-state index contributed by atoms with van der Waals surface area (Å²) in [4.78, 5) is 10.4. The average molecular weight is 175 g/mol. The highest BCUT2D eigenvalue weighted by Crippen LogP contribution is 2.13. The highest BCUT2D eigenvalue weighted by Gasteiger charge is 2.03. The van der Waals surface area contributed by atoms with Crippen LogP contribution in [0, 0.1) is 16.2 Å². The lowest BCUT2D eigenvalue weighted by Crippen LogP contribution is -2.15. The number of hydrogen-bond acceptors (Lipinski definition) is 3. The molecule has 66 valence electrons. The molecular formula is C9H9N3O. The monoisotopic (exact) mass is 175 g/mol. The number of rotatable bonds is 4. The molecule has 13 heavy (non-hydrogen) atoms. The van der Waals surface area contributed by atoms with Crippen LogP contribution >= 0.6 is 0 Å². The highest BCUT2D eigenvalue weighted by molar-refractivity contribution is 5.44. The quantitative estimate of drug-likeness (QED) is 0.520. The van der Waals surface area contributed by atoms with Crippen LogP contribution in [0.2, 0.25) is 0 Å². The summed E-state index contributed by atoms with van der Waals surface area (Å²) in [5.41, 5.74) is 0.716. The van der Waals surface area contributed by atoms with Crippen molar-refractivity contribution in [1.29, 1.82) is 5.26 Å². The second kappa shape index (κ2) is 4.88. The van der Waals surface area contributed by atoms with Crippen molar-refractivity contribution in [2.75, 3.05) is 11.6 Å². The molecule has 1 aromatic rings. The van der Waals surface area contributed by atoms with Crippen molar-refractivity contribution in [3.8, 4) is 6.07 Å². The van der Waals surface area contributed by atoms with Gasteiger partial charge in [0, 0.05) is 0 Å². The largest absolute Gasteiger partial charge is 0.228 e. The maximum atomic E-state index is 10.4. The van der Waals surface area contributed by atoms with Crippen molar-refractivity contribution in [3.05, 3.63) is 35.2 Å². The van der Waals surface area contributed by atoms with Crippen LogP contribution in [0.1, 0.15) is 6.42 Å². The highest BCUT2D eigenvalue weighted by atomic mass is 16.3. The van der Waals surface area contributed by atoms with Gasteiger partial charge in [-0.3, -0.25) is 0 Å². The zero-order valence-corrected chi connectivity index (χ0v) is 7.05. The normalized spacial score (nSPS) is 8.85. The van der Waals surface area contributed by atoms with Crippen molar-refractivity contribution in [3.63, 3.8) is 0 Å². The van der Waals surface area contributed by atoms with E-state index in [2.05, 4.69) is 5.29 Å². The molecule has 0 N–H and O–H groups in total. The lowest BCUT2D eigenvalue weighted by atomic mass is 10.3. The van der Waals surface area contributed by atoms with E-state index in [1.165, 1.54) is 5.01 Å². The number of para-hydroxylation sites is 1.